The number of rotatable bonds is 9. The van der Waals surface area contributed by atoms with E-state index in [0.29, 0.717) is 35.9 Å². The number of nitrogens with zero attached hydrogens (tertiary/aromatic N) is 1. The van der Waals surface area contributed by atoms with Gasteiger partial charge in [0.2, 0.25) is 5.91 Å². The number of pyridine rings is 1. The summed E-state index contributed by atoms with van der Waals surface area (Å²) in [7, 11) is 3.20. The normalized spacial score (nSPS) is 10.5. The van der Waals surface area contributed by atoms with Gasteiger partial charge in [-0.15, -0.1) is 0 Å². The number of ether oxygens (including phenoxy) is 2. The van der Waals surface area contributed by atoms with E-state index in [1.165, 1.54) is 0 Å². The van der Waals surface area contributed by atoms with Crippen LogP contribution in [0.3, 0.4) is 0 Å². The molecule has 6 heteroatoms. The fraction of sp³-hybridized carbons (Fsp3) is 0.400. The van der Waals surface area contributed by atoms with Gasteiger partial charge < -0.3 is 20.1 Å². The smallest absolute Gasteiger partial charge is 0.224 e. The van der Waals surface area contributed by atoms with Crippen LogP contribution in [0.2, 0.25) is 0 Å². The topological polar surface area (TPSA) is 72.5 Å². The molecule has 0 saturated carbocycles. The lowest BCUT2D eigenvalue weighted by molar-refractivity contribution is -0.116. The Morgan fingerprint density at radius 2 is 1.88 bits per heavy atom. The zero-order valence-corrected chi connectivity index (χ0v) is 15.8. The maximum atomic E-state index is 12.2. The van der Waals surface area contributed by atoms with Crippen molar-refractivity contribution in [2.45, 2.75) is 26.7 Å². The van der Waals surface area contributed by atoms with Crippen molar-refractivity contribution in [3.8, 4) is 11.5 Å². The molecule has 0 spiro atoms. The second kappa shape index (κ2) is 9.65. The number of hydrogen-bond donors (Lipinski definition) is 2. The lowest BCUT2D eigenvalue weighted by Crippen LogP contribution is -2.13. The number of amides is 1. The molecule has 0 saturated heterocycles. The Hall–Kier alpha value is -2.76. The molecule has 1 heterocycles. The molecule has 0 aliphatic carbocycles. The third-order valence-electron chi connectivity index (χ3n) is 3.83. The van der Waals surface area contributed by atoms with Crippen LogP contribution < -0.4 is 20.1 Å². The molecule has 0 radical (unpaired) electrons. The minimum atomic E-state index is -0.0514. The van der Waals surface area contributed by atoms with Crippen molar-refractivity contribution >= 4 is 17.4 Å². The van der Waals surface area contributed by atoms with Crippen LogP contribution in [0.5, 0.6) is 11.5 Å². The summed E-state index contributed by atoms with van der Waals surface area (Å²) >= 11 is 0. The summed E-state index contributed by atoms with van der Waals surface area (Å²) in [6.07, 6.45) is 2.66. The zero-order valence-electron chi connectivity index (χ0n) is 15.8. The van der Waals surface area contributed by atoms with Gasteiger partial charge in [0.05, 0.1) is 26.1 Å². The number of nitrogens with one attached hydrogen (secondary N) is 2. The second-order valence-corrected chi connectivity index (χ2v) is 6.44. The molecule has 0 atom stereocenters. The van der Waals surface area contributed by atoms with Crippen molar-refractivity contribution in [1.82, 2.24) is 4.98 Å². The van der Waals surface area contributed by atoms with Crippen LogP contribution >= 0.6 is 0 Å². The highest BCUT2D eigenvalue weighted by Crippen LogP contribution is 2.28. The molecule has 1 amide bonds. The highest BCUT2D eigenvalue weighted by Gasteiger charge is 2.08. The van der Waals surface area contributed by atoms with Crippen molar-refractivity contribution in [2.24, 2.45) is 5.92 Å². The summed E-state index contributed by atoms with van der Waals surface area (Å²) in [6.45, 7) is 5.14. The molecular formula is C20H27N3O3. The van der Waals surface area contributed by atoms with E-state index in [1.54, 1.807) is 20.4 Å². The minimum absolute atomic E-state index is 0.0514. The van der Waals surface area contributed by atoms with Crippen LogP contribution in [0.15, 0.2) is 36.5 Å². The van der Waals surface area contributed by atoms with Gasteiger partial charge in [-0.3, -0.25) is 4.79 Å². The first-order valence-corrected chi connectivity index (χ1v) is 8.72. The molecule has 1 aromatic heterocycles. The summed E-state index contributed by atoms with van der Waals surface area (Å²) in [6, 6.07) is 9.39. The standard InChI is InChI=1S/C20H27N3O3/c1-14(2)12-21-19-9-7-16(13-22-19)23-20(24)10-6-15-5-8-17(25-3)18(11-15)26-4/h5,7-9,11,13-14H,6,10,12H2,1-4H3,(H,21,22)(H,23,24). The van der Waals surface area contributed by atoms with Crippen LogP contribution in [0, 0.1) is 5.92 Å². The van der Waals surface area contributed by atoms with Gasteiger partial charge in [0.1, 0.15) is 5.82 Å². The Morgan fingerprint density at radius 3 is 2.50 bits per heavy atom. The van der Waals surface area contributed by atoms with Gasteiger partial charge in [0, 0.05) is 13.0 Å². The second-order valence-electron chi connectivity index (χ2n) is 6.44. The fourth-order valence-electron chi connectivity index (χ4n) is 2.40. The van der Waals surface area contributed by atoms with Crippen LogP contribution in [0.25, 0.3) is 0 Å². The summed E-state index contributed by atoms with van der Waals surface area (Å²) in [5.74, 6) is 2.65. The first-order chi connectivity index (χ1) is 12.5. The van der Waals surface area contributed by atoms with Gasteiger partial charge >= 0.3 is 0 Å². The van der Waals surface area contributed by atoms with Crippen molar-refractivity contribution in [3.05, 3.63) is 42.1 Å². The highest BCUT2D eigenvalue weighted by molar-refractivity contribution is 5.90. The lowest BCUT2D eigenvalue weighted by atomic mass is 10.1. The minimum Gasteiger partial charge on any atom is -0.493 e. The predicted octanol–water partition coefficient (Wildman–Crippen LogP) is 3.74. The van der Waals surface area contributed by atoms with Crippen LogP contribution in [-0.4, -0.2) is 31.7 Å². The molecule has 0 fully saturated rings. The molecule has 2 N–H and O–H groups in total. The van der Waals surface area contributed by atoms with Gasteiger partial charge in [-0.1, -0.05) is 19.9 Å². The summed E-state index contributed by atoms with van der Waals surface area (Å²) in [4.78, 5) is 16.5. The SMILES string of the molecule is COc1ccc(CCC(=O)Nc2ccc(NCC(C)C)nc2)cc1OC. The Labute approximate surface area is 154 Å². The molecule has 1 aromatic carbocycles. The lowest BCUT2D eigenvalue weighted by Gasteiger charge is -2.10. The number of carbonyl (C=O) groups is 1. The molecule has 2 rings (SSSR count). The van der Waals surface area contributed by atoms with Gasteiger partial charge in [-0.25, -0.2) is 4.98 Å². The van der Waals surface area contributed by atoms with E-state index in [4.69, 9.17) is 9.47 Å². The first kappa shape index (κ1) is 19.6. The van der Waals surface area contributed by atoms with Crippen molar-refractivity contribution in [3.63, 3.8) is 0 Å². The van der Waals surface area contributed by atoms with Gasteiger partial charge in [0.15, 0.2) is 11.5 Å². The van der Waals surface area contributed by atoms with Crippen LogP contribution in [0.4, 0.5) is 11.5 Å². The number of benzene rings is 1. The van der Waals surface area contributed by atoms with Crippen molar-refractivity contribution in [2.75, 3.05) is 31.4 Å². The third kappa shape index (κ3) is 5.95. The molecule has 6 nitrogen and oxygen atoms in total. The van der Waals surface area contributed by atoms with E-state index < -0.39 is 0 Å². The van der Waals surface area contributed by atoms with E-state index in [0.717, 1.165) is 17.9 Å². The summed E-state index contributed by atoms with van der Waals surface area (Å²) in [5.41, 5.74) is 1.71. The molecule has 140 valence electrons. The maximum Gasteiger partial charge on any atom is 0.224 e. The Morgan fingerprint density at radius 1 is 1.12 bits per heavy atom. The quantitative estimate of drug-likeness (QED) is 0.715. The van der Waals surface area contributed by atoms with E-state index in [1.807, 2.05) is 30.3 Å². The average molecular weight is 357 g/mol. The summed E-state index contributed by atoms with van der Waals surface area (Å²) < 4.78 is 10.5. The van der Waals surface area contributed by atoms with E-state index in [-0.39, 0.29) is 5.91 Å². The summed E-state index contributed by atoms with van der Waals surface area (Å²) in [5, 5.41) is 6.12. The van der Waals surface area contributed by atoms with Gasteiger partial charge in [-0.05, 0) is 42.2 Å². The van der Waals surface area contributed by atoms with Crippen molar-refractivity contribution in [1.29, 1.82) is 0 Å². The van der Waals surface area contributed by atoms with Crippen LogP contribution in [-0.2, 0) is 11.2 Å². The van der Waals surface area contributed by atoms with Crippen molar-refractivity contribution < 1.29 is 14.3 Å². The molecule has 0 aliphatic rings. The predicted molar refractivity (Wildman–Crippen MR) is 104 cm³/mol. The monoisotopic (exact) mass is 357 g/mol. The number of aromatic nitrogens is 1. The van der Waals surface area contributed by atoms with Crippen LogP contribution in [0.1, 0.15) is 25.8 Å². The first-order valence-electron chi connectivity index (χ1n) is 8.72. The Kier molecular flexibility index (Phi) is 7.26. The maximum absolute atomic E-state index is 12.2. The number of carbonyl (C=O) groups excluding carboxylic acids is 1. The van der Waals surface area contributed by atoms with Gasteiger partial charge in [-0.2, -0.15) is 0 Å². The molecule has 0 aliphatic heterocycles. The van der Waals surface area contributed by atoms with E-state index in [9.17, 15) is 4.79 Å². The molecule has 0 bridgehead atoms. The third-order valence-corrected chi connectivity index (χ3v) is 3.83. The number of hydrogen-bond acceptors (Lipinski definition) is 5. The van der Waals surface area contributed by atoms with E-state index >= 15 is 0 Å². The Balaban J connectivity index is 1.85. The molecular weight excluding hydrogens is 330 g/mol. The highest BCUT2D eigenvalue weighted by atomic mass is 16.5. The zero-order chi connectivity index (χ0) is 18.9. The number of aryl methyl sites for hydroxylation is 1. The van der Waals surface area contributed by atoms with Gasteiger partial charge in [0.25, 0.3) is 0 Å². The number of methoxy groups -OCH3 is 2. The number of anilines is 2. The molecule has 0 unspecified atom stereocenters. The van der Waals surface area contributed by atoms with E-state index in [2.05, 4.69) is 29.5 Å². The molecule has 26 heavy (non-hydrogen) atoms. The molecule has 2 aromatic rings. The average Bonchev–Trinajstić information content (AvgIpc) is 2.65. The Bertz CT molecular complexity index is 715. The largest absolute Gasteiger partial charge is 0.493 e. The fourth-order valence-corrected chi connectivity index (χ4v) is 2.40.